The SMILES string of the molecule is COc1ccc(-c2nnc3ccc(OCCNC(=O)Cc4ccccc4)nn23)cc1. The van der Waals surface area contributed by atoms with Crippen LogP contribution in [0.2, 0.25) is 0 Å². The van der Waals surface area contributed by atoms with Crippen LogP contribution in [-0.2, 0) is 11.2 Å². The van der Waals surface area contributed by atoms with Crippen molar-refractivity contribution in [2.75, 3.05) is 20.3 Å². The van der Waals surface area contributed by atoms with Crippen molar-refractivity contribution in [1.29, 1.82) is 0 Å². The van der Waals surface area contributed by atoms with E-state index in [1.807, 2.05) is 54.6 Å². The largest absolute Gasteiger partial charge is 0.497 e. The molecule has 0 radical (unpaired) electrons. The Morgan fingerprint density at radius 1 is 1.00 bits per heavy atom. The van der Waals surface area contributed by atoms with E-state index in [2.05, 4.69) is 20.6 Å². The lowest BCUT2D eigenvalue weighted by Gasteiger charge is -2.08. The van der Waals surface area contributed by atoms with Crippen molar-refractivity contribution in [3.63, 3.8) is 0 Å². The molecule has 2 aromatic heterocycles. The van der Waals surface area contributed by atoms with Gasteiger partial charge in [-0.2, -0.15) is 4.52 Å². The lowest BCUT2D eigenvalue weighted by molar-refractivity contribution is -0.120. The third-order valence-corrected chi connectivity index (χ3v) is 4.47. The van der Waals surface area contributed by atoms with Gasteiger partial charge in [-0.05, 0) is 35.9 Å². The Balaban J connectivity index is 1.36. The van der Waals surface area contributed by atoms with E-state index in [1.54, 1.807) is 23.8 Å². The van der Waals surface area contributed by atoms with Crippen LogP contribution in [0.15, 0.2) is 66.7 Å². The van der Waals surface area contributed by atoms with Gasteiger partial charge in [0.1, 0.15) is 12.4 Å². The van der Waals surface area contributed by atoms with Crippen LogP contribution in [0.4, 0.5) is 0 Å². The first kappa shape index (κ1) is 19.4. The molecule has 0 saturated carbocycles. The Hall–Kier alpha value is -3.94. The fourth-order valence-electron chi connectivity index (χ4n) is 2.96. The fourth-order valence-corrected chi connectivity index (χ4v) is 2.96. The van der Waals surface area contributed by atoms with Crippen LogP contribution in [0, 0.1) is 0 Å². The number of amides is 1. The molecule has 4 rings (SSSR count). The molecule has 0 spiro atoms. The zero-order valence-corrected chi connectivity index (χ0v) is 16.5. The topological polar surface area (TPSA) is 90.6 Å². The van der Waals surface area contributed by atoms with E-state index >= 15 is 0 Å². The Morgan fingerprint density at radius 3 is 2.57 bits per heavy atom. The minimum atomic E-state index is -0.0474. The predicted molar refractivity (Wildman–Crippen MR) is 111 cm³/mol. The van der Waals surface area contributed by atoms with E-state index in [0.717, 1.165) is 16.9 Å². The van der Waals surface area contributed by atoms with Crippen LogP contribution in [0.3, 0.4) is 0 Å². The van der Waals surface area contributed by atoms with E-state index < -0.39 is 0 Å². The van der Waals surface area contributed by atoms with Gasteiger partial charge in [-0.3, -0.25) is 4.79 Å². The van der Waals surface area contributed by atoms with Crippen molar-refractivity contribution in [2.45, 2.75) is 6.42 Å². The molecule has 8 heteroatoms. The molecule has 0 unspecified atom stereocenters. The predicted octanol–water partition coefficient (Wildman–Crippen LogP) is 2.54. The number of hydrogen-bond donors (Lipinski definition) is 1. The highest BCUT2D eigenvalue weighted by Gasteiger charge is 2.11. The second-order valence-corrected chi connectivity index (χ2v) is 6.55. The number of ether oxygens (including phenoxy) is 2. The second kappa shape index (κ2) is 9.04. The summed E-state index contributed by atoms with van der Waals surface area (Å²) in [5.74, 6) is 1.75. The maximum absolute atomic E-state index is 12.0. The molecular formula is C22H21N5O3. The number of methoxy groups -OCH3 is 1. The van der Waals surface area contributed by atoms with Crippen molar-refractivity contribution < 1.29 is 14.3 Å². The summed E-state index contributed by atoms with van der Waals surface area (Å²) in [6.07, 6.45) is 0.344. The molecule has 2 aromatic carbocycles. The normalized spacial score (nSPS) is 10.7. The van der Waals surface area contributed by atoms with Gasteiger partial charge >= 0.3 is 0 Å². The molecular weight excluding hydrogens is 382 g/mol. The number of nitrogens with one attached hydrogen (secondary N) is 1. The Kier molecular flexibility index (Phi) is 5.84. The first-order valence-electron chi connectivity index (χ1n) is 9.53. The summed E-state index contributed by atoms with van der Waals surface area (Å²) in [4.78, 5) is 12.0. The standard InChI is InChI=1S/C22H21N5O3/c1-29-18-9-7-17(8-10-18)22-25-24-19-11-12-21(26-27(19)22)30-14-13-23-20(28)15-16-5-3-2-4-6-16/h2-12H,13-15H2,1H3,(H,23,28). The Bertz CT molecular complexity index is 1130. The highest BCUT2D eigenvalue weighted by atomic mass is 16.5. The van der Waals surface area contributed by atoms with Crippen LogP contribution in [0.25, 0.3) is 17.0 Å². The summed E-state index contributed by atoms with van der Waals surface area (Å²) in [5, 5.41) is 15.7. The first-order valence-corrected chi connectivity index (χ1v) is 9.53. The van der Waals surface area contributed by atoms with Gasteiger partial charge in [0, 0.05) is 11.6 Å². The summed E-state index contributed by atoms with van der Waals surface area (Å²) in [5.41, 5.74) is 2.45. The number of carbonyl (C=O) groups excluding carboxylic acids is 1. The van der Waals surface area contributed by atoms with Crippen LogP contribution in [0.1, 0.15) is 5.56 Å². The number of aromatic nitrogens is 4. The summed E-state index contributed by atoms with van der Waals surface area (Å²) in [7, 11) is 1.62. The van der Waals surface area contributed by atoms with E-state index in [1.165, 1.54) is 0 Å². The van der Waals surface area contributed by atoms with Crippen molar-refractivity contribution in [2.24, 2.45) is 0 Å². The minimum absolute atomic E-state index is 0.0474. The molecule has 4 aromatic rings. The maximum atomic E-state index is 12.0. The molecule has 1 N–H and O–H groups in total. The van der Waals surface area contributed by atoms with E-state index in [9.17, 15) is 4.79 Å². The molecule has 0 aliphatic rings. The fraction of sp³-hybridized carbons (Fsp3) is 0.182. The van der Waals surface area contributed by atoms with Crippen LogP contribution in [-0.4, -0.2) is 46.0 Å². The number of fused-ring (bicyclic) bond motifs is 1. The van der Waals surface area contributed by atoms with Gasteiger partial charge in [-0.25, -0.2) is 0 Å². The zero-order chi connectivity index (χ0) is 20.8. The lowest BCUT2D eigenvalue weighted by atomic mass is 10.1. The van der Waals surface area contributed by atoms with E-state index in [-0.39, 0.29) is 5.91 Å². The molecule has 0 aliphatic carbocycles. The van der Waals surface area contributed by atoms with Gasteiger partial charge in [0.15, 0.2) is 11.5 Å². The van der Waals surface area contributed by atoms with Gasteiger partial charge in [0.25, 0.3) is 0 Å². The Labute approximate surface area is 173 Å². The molecule has 0 fully saturated rings. The quantitative estimate of drug-likeness (QED) is 0.455. The summed E-state index contributed by atoms with van der Waals surface area (Å²) >= 11 is 0. The molecule has 2 heterocycles. The number of hydrogen-bond acceptors (Lipinski definition) is 6. The third kappa shape index (κ3) is 4.54. The smallest absolute Gasteiger partial charge is 0.231 e. The van der Waals surface area contributed by atoms with E-state index in [4.69, 9.17) is 9.47 Å². The molecule has 0 saturated heterocycles. The van der Waals surface area contributed by atoms with E-state index in [0.29, 0.717) is 36.9 Å². The number of benzene rings is 2. The van der Waals surface area contributed by atoms with Gasteiger partial charge in [-0.1, -0.05) is 30.3 Å². The van der Waals surface area contributed by atoms with Crippen molar-refractivity contribution >= 4 is 11.6 Å². The summed E-state index contributed by atoms with van der Waals surface area (Å²) < 4.78 is 12.5. The molecule has 8 nitrogen and oxygen atoms in total. The molecule has 0 aliphatic heterocycles. The minimum Gasteiger partial charge on any atom is -0.497 e. The number of carbonyl (C=O) groups is 1. The van der Waals surface area contributed by atoms with Crippen molar-refractivity contribution in [1.82, 2.24) is 25.1 Å². The monoisotopic (exact) mass is 403 g/mol. The van der Waals surface area contributed by atoms with Crippen LogP contribution in [0.5, 0.6) is 11.6 Å². The summed E-state index contributed by atoms with van der Waals surface area (Å²) in [6.45, 7) is 0.692. The summed E-state index contributed by atoms with van der Waals surface area (Å²) in [6, 6.07) is 20.6. The van der Waals surface area contributed by atoms with Crippen molar-refractivity contribution in [3.05, 3.63) is 72.3 Å². The number of rotatable bonds is 8. The Morgan fingerprint density at radius 2 is 1.80 bits per heavy atom. The lowest BCUT2D eigenvalue weighted by Crippen LogP contribution is -2.29. The van der Waals surface area contributed by atoms with Crippen LogP contribution >= 0.6 is 0 Å². The molecule has 1 amide bonds. The molecule has 0 bridgehead atoms. The second-order valence-electron chi connectivity index (χ2n) is 6.55. The van der Waals surface area contributed by atoms with Gasteiger partial charge < -0.3 is 14.8 Å². The molecule has 0 atom stereocenters. The molecule has 30 heavy (non-hydrogen) atoms. The third-order valence-electron chi connectivity index (χ3n) is 4.47. The molecule has 152 valence electrons. The number of nitrogens with zero attached hydrogens (tertiary/aromatic N) is 4. The first-order chi connectivity index (χ1) is 14.7. The zero-order valence-electron chi connectivity index (χ0n) is 16.5. The van der Waals surface area contributed by atoms with Gasteiger partial charge in [0.05, 0.1) is 20.1 Å². The van der Waals surface area contributed by atoms with Crippen molar-refractivity contribution in [3.8, 4) is 23.0 Å². The average molecular weight is 403 g/mol. The van der Waals surface area contributed by atoms with Gasteiger partial charge in [0.2, 0.25) is 11.8 Å². The van der Waals surface area contributed by atoms with Gasteiger partial charge in [-0.15, -0.1) is 15.3 Å². The van der Waals surface area contributed by atoms with Crippen LogP contribution < -0.4 is 14.8 Å². The highest BCUT2D eigenvalue weighted by Crippen LogP contribution is 2.21. The average Bonchev–Trinajstić information content (AvgIpc) is 3.21. The highest BCUT2D eigenvalue weighted by molar-refractivity contribution is 5.78. The maximum Gasteiger partial charge on any atom is 0.231 e.